The summed E-state index contributed by atoms with van der Waals surface area (Å²) in [6.07, 6.45) is 6.20. The molecule has 1 saturated carbocycles. The van der Waals surface area contributed by atoms with E-state index in [9.17, 15) is 14.4 Å². The minimum Gasteiger partial charge on any atom is -0.336 e. The number of hydrogen-bond acceptors (Lipinski definition) is 3. The number of nitrogens with zero attached hydrogens (tertiary/aromatic N) is 1. The SMILES string of the molecule is Cc1ccc(NC(=O)NCCN2C(=O)[C@@H]3[C@@H](C2=O)[C@H]2C=C[C@H]3CC2)cc1. The molecule has 4 atom stereocenters. The van der Waals surface area contributed by atoms with Crippen LogP contribution >= 0.6 is 0 Å². The summed E-state index contributed by atoms with van der Waals surface area (Å²) in [5.41, 5.74) is 1.82. The highest BCUT2D eigenvalue weighted by Crippen LogP contribution is 2.49. The molecule has 4 amide bonds. The van der Waals surface area contributed by atoms with Gasteiger partial charge in [0.15, 0.2) is 0 Å². The minimum atomic E-state index is -0.341. The maximum Gasteiger partial charge on any atom is 0.319 e. The Hall–Kier alpha value is -2.63. The lowest BCUT2D eigenvalue weighted by atomic mass is 9.63. The summed E-state index contributed by atoms with van der Waals surface area (Å²) < 4.78 is 0. The summed E-state index contributed by atoms with van der Waals surface area (Å²) in [5.74, 6) is -0.117. The van der Waals surface area contributed by atoms with Gasteiger partial charge in [0, 0.05) is 18.8 Å². The molecule has 3 aliphatic carbocycles. The van der Waals surface area contributed by atoms with Crippen molar-refractivity contribution >= 4 is 23.5 Å². The number of hydrogen-bond donors (Lipinski definition) is 2. The second kappa shape index (κ2) is 6.59. The molecule has 1 aliphatic heterocycles. The largest absolute Gasteiger partial charge is 0.336 e. The van der Waals surface area contributed by atoms with Crippen LogP contribution in [0.3, 0.4) is 0 Å². The summed E-state index contributed by atoms with van der Waals surface area (Å²) in [6, 6.07) is 7.15. The standard InChI is InChI=1S/C20H23N3O3/c1-12-2-8-15(9-3-12)22-20(26)21-10-11-23-18(24)16-13-4-5-14(7-6-13)17(16)19(23)25/h2-5,8-9,13-14,16-17H,6-7,10-11H2,1H3,(H2,21,22,26)/t13-,14-,16-,17-/m0/s1. The summed E-state index contributed by atoms with van der Waals surface area (Å²) in [7, 11) is 0. The maximum absolute atomic E-state index is 12.7. The molecular weight excluding hydrogens is 330 g/mol. The van der Waals surface area contributed by atoms with Crippen molar-refractivity contribution in [2.45, 2.75) is 19.8 Å². The molecule has 2 fully saturated rings. The third-order valence-electron chi connectivity index (χ3n) is 5.78. The van der Waals surface area contributed by atoms with E-state index in [1.807, 2.05) is 31.2 Å². The van der Waals surface area contributed by atoms with Crippen molar-refractivity contribution in [3.05, 3.63) is 42.0 Å². The Labute approximate surface area is 152 Å². The first-order valence-electron chi connectivity index (χ1n) is 9.19. The fourth-order valence-electron chi connectivity index (χ4n) is 4.45. The van der Waals surface area contributed by atoms with Crippen LogP contribution in [-0.4, -0.2) is 35.8 Å². The van der Waals surface area contributed by atoms with Gasteiger partial charge in [0.05, 0.1) is 11.8 Å². The number of rotatable bonds is 4. The Bertz CT molecular complexity index is 739. The van der Waals surface area contributed by atoms with E-state index in [2.05, 4.69) is 22.8 Å². The Morgan fingerprint density at radius 2 is 1.62 bits per heavy atom. The molecule has 1 heterocycles. The molecule has 0 unspecified atom stereocenters. The number of imide groups is 1. The first-order chi connectivity index (χ1) is 12.5. The zero-order chi connectivity index (χ0) is 18.3. The predicted molar refractivity (Wildman–Crippen MR) is 97.3 cm³/mol. The van der Waals surface area contributed by atoms with Crippen molar-refractivity contribution in [1.82, 2.24) is 10.2 Å². The van der Waals surface area contributed by atoms with Gasteiger partial charge in [-0.25, -0.2) is 4.79 Å². The highest BCUT2D eigenvalue weighted by Gasteiger charge is 2.56. The van der Waals surface area contributed by atoms with Crippen molar-refractivity contribution in [2.75, 3.05) is 18.4 Å². The number of anilines is 1. The summed E-state index contributed by atoms with van der Waals surface area (Å²) in [5, 5.41) is 5.46. The van der Waals surface area contributed by atoms with Crippen LogP contribution < -0.4 is 10.6 Å². The fourth-order valence-corrected chi connectivity index (χ4v) is 4.45. The molecule has 2 N–H and O–H groups in total. The van der Waals surface area contributed by atoms with Gasteiger partial charge >= 0.3 is 6.03 Å². The summed E-state index contributed by atoms with van der Waals surface area (Å²) >= 11 is 0. The van der Waals surface area contributed by atoms with Crippen LogP contribution in [0.2, 0.25) is 0 Å². The lowest BCUT2D eigenvalue weighted by Gasteiger charge is -2.38. The van der Waals surface area contributed by atoms with Gasteiger partial charge in [-0.2, -0.15) is 0 Å². The number of fused-ring (bicyclic) bond motifs is 1. The normalized spacial score (nSPS) is 29.0. The van der Waals surface area contributed by atoms with Gasteiger partial charge in [-0.05, 0) is 43.7 Å². The van der Waals surface area contributed by atoms with E-state index in [4.69, 9.17) is 0 Å². The molecule has 1 aromatic rings. The molecule has 6 nitrogen and oxygen atoms in total. The number of nitrogens with one attached hydrogen (secondary N) is 2. The van der Waals surface area contributed by atoms with Crippen LogP contribution in [0.25, 0.3) is 0 Å². The summed E-state index contributed by atoms with van der Waals surface area (Å²) in [6.45, 7) is 2.45. The van der Waals surface area contributed by atoms with Crippen molar-refractivity contribution in [3.8, 4) is 0 Å². The van der Waals surface area contributed by atoms with Crippen LogP contribution in [0.1, 0.15) is 18.4 Å². The zero-order valence-corrected chi connectivity index (χ0v) is 14.8. The van der Waals surface area contributed by atoms with Gasteiger partial charge in [0.1, 0.15) is 0 Å². The molecule has 4 aliphatic rings. The van der Waals surface area contributed by atoms with Crippen molar-refractivity contribution in [2.24, 2.45) is 23.7 Å². The third-order valence-corrected chi connectivity index (χ3v) is 5.78. The number of likely N-dealkylation sites (tertiary alicyclic amines) is 1. The van der Waals surface area contributed by atoms with Crippen molar-refractivity contribution < 1.29 is 14.4 Å². The lowest BCUT2D eigenvalue weighted by Crippen LogP contribution is -2.40. The summed E-state index contributed by atoms with van der Waals surface area (Å²) in [4.78, 5) is 38.7. The van der Waals surface area contributed by atoms with E-state index >= 15 is 0 Å². The smallest absolute Gasteiger partial charge is 0.319 e. The quantitative estimate of drug-likeness (QED) is 0.644. The topological polar surface area (TPSA) is 78.5 Å². The van der Waals surface area contributed by atoms with Gasteiger partial charge in [-0.15, -0.1) is 0 Å². The highest BCUT2D eigenvalue weighted by atomic mass is 16.2. The second-order valence-corrected chi connectivity index (χ2v) is 7.42. The molecule has 1 aromatic carbocycles. The van der Waals surface area contributed by atoms with E-state index < -0.39 is 0 Å². The Balaban J connectivity index is 1.31. The van der Waals surface area contributed by atoms with Gasteiger partial charge in [-0.1, -0.05) is 29.8 Å². The first kappa shape index (κ1) is 16.8. The Morgan fingerprint density at radius 1 is 1.04 bits per heavy atom. The van der Waals surface area contributed by atoms with Crippen LogP contribution in [0.5, 0.6) is 0 Å². The molecule has 26 heavy (non-hydrogen) atoms. The molecule has 1 saturated heterocycles. The Morgan fingerprint density at radius 3 is 2.15 bits per heavy atom. The molecule has 2 bridgehead atoms. The minimum absolute atomic E-state index is 0.0696. The molecule has 0 aromatic heterocycles. The average Bonchev–Trinajstić information content (AvgIpc) is 2.92. The lowest BCUT2D eigenvalue weighted by molar-refractivity contribution is -0.140. The van der Waals surface area contributed by atoms with Crippen LogP contribution in [-0.2, 0) is 9.59 Å². The predicted octanol–water partition coefficient (Wildman–Crippen LogP) is 2.31. The van der Waals surface area contributed by atoms with E-state index in [0.717, 1.165) is 18.4 Å². The number of amides is 4. The van der Waals surface area contributed by atoms with Crippen molar-refractivity contribution in [3.63, 3.8) is 0 Å². The second-order valence-electron chi connectivity index (χ2n) is 7.42. The van der Waals surface area contributed by atoms with E-state index in [-0.39, 0.29) is 54.6 Å². The Kier molecular flexibility index (Phi) is 4.26. The van der Waals surface area contributed by atoms with Crippen LogP contribution in [0, 0.1) is 30.6 Å². The van der Waals surface area contributed by atoms with E-state index in [1.54, 1.807) is 0 Å². The number of urea groups is 1. The molecule has 136 valence electrons. The van der Waals surface area contributed by atoms with Crippen LogP contribution in [0.4, 0.5) is 10.5 Å². The number of aryl methyl sites for hydroxylation is 1. The van der Waals surface area contributed by atoms with Gasteiger partial charge < -0.3 is 10.6 Å². The zero-order valence-electron chi connectivity index (χ0n) is 14.8. The molecular formula is C20H23N3O3. The van der Waals surface area contributed by atoms with E-state index in [1.165, 1.54) is 4.90 Å². The molecule has 0 radical (unpaired) electrons. The first-order valence-corrected chi connectivity index (χ1v) is 9.19. The maximum atomic E-state index is 12.7. The highest BCUT2D eigenvalue weighted by molar-refractivity contribution is 6.06. The number of carbonyl (C=O) groups is 3. The molecule has 5 rings (SSSR count). The molecule has 6 heteroatoms. The van der Waals surface area contributed by atoms with Gasteiger partial charge in [0.25, 0.3) is 0 Å². The van der Waals surface area contributed by atoms with Crippen LogP contribution in [0.15, 0.2) is 36.4 Å². The monoisotopic (exact) mass is 353 g/mol. The number of carbonyl (C=O) groups excluding carboxylic acids is 3. The number of benzene rings is 1. The van der Waals surface area contributed by atoms with Crippen molar-refractivity contribution in [1.29, 1.82) is 0 Å². The molecule has 0 spiro atoms. The van der Waals surface area contributed by atoms with Gasteiger partial charge in [-0.3, -0.25) is 14.5 Å². The number of allylic oxidation sites excluding steroid dienone is 2. The van der Waals surface area contributed by atoms with E-state index in [0.29, 0.717) is 5.69 Å². The van der Waals surface area contributed by atoms with Gasteiger partial charge in [0.2, 0.25) is 11.8 Å². The average molecular weight is 353 g/mol. The fraction of sp³-hybridized carbons (Fsp3) is 0.450. The third kappa shape index (κ3) is 2.89.